The summed E-state index contributed by atoms with van der Waals surface area (Å²) in [7, 11) is 0. The van der Waals surface area contributed by atoms with Crippen LogP contribution in [0.3, 0.4) is 0 Å². The second-order valence-electron chi connectivity index (χ2n) is 4.43. The summed E-state index contributed by atoms with van der Waals surface area (Å²) in [5, 5.41) is 11.1. The Morgan fingerprint density at radius 3 is 2.57 bits per heavy atom. The van der Waals surface area contributed by atoms with E-state index in [1.165, 1.54) is 0 Å². The first-order valence-corrected chi connectivity index (χ1v) is 6.33. The summed E-state index contributed by atoms with van der Waals surface area (Å²) in [4.78, 5) is 0. The van der Waals surface area contributed by atoms with Gasteiger partial charge in [0.15, 0.2) is 0 Å². The molecule has 0 radical (unpaired) electrons. The minimum absolute atomic E-state index is 0.0781. The Kier molecular flexibility index (Phi) is 4.55. The molecule has 21 heavy (non-hydrogen) atoms. The molecule has 0 spiro atoms. The maximum Gasteiger partial charge on any atom is 0.211 e. The average molecular weight is 287 g/mol. The van der Waals surface area contributed by atoms with Gasteiger partial charge in [-0.1, -0.05) is 5.16 Å². The number of nitrogens with two attached hydrogens (primary N) is 2. The van der Waals surface area contributed by atoms with Gasteiger partial charge in [0.25, 0.3) is 0 Å². The van der Waals surface area contributed by atoms with Crippen LogP contribution < -0.4 is 16.2 Å². The molecule has 0 unspecified atom stereocenters. The van der Waals surface area contributed by atoms with Gasteiger partial charge in [-0.3, -0.25) is 0 Å². The summed E-state index contributed by atoms with van der Waals surface area (Å²) >= 11 is 0. The van der Waals surface area contributed by atoms with Crippen molar-refractivity contribution in [3.8, 4) is 5.75 Å². The van der Waals surface area contributed by atoms with Crippen molar-refractivity contribution in [1.82, 2.24) is 5.16 Å². The lowest BCUT2D eigenvalue weighted by molar-refractivity contribution is 0.301. The van der Waals surface area contributed by atoms with E-state index >= 15 is 0 Å². The molecule has 0 bridgehead atoms. The predicted molar refractivity (Wildman–Crippen MR) is 80.2 cm³/mol. The van der Waals surface area contributed by atoms with Gasteiger partial charge in [0.05, 0.1) is 17.5 Å². The Labute approximate surface area is 122 Å². The summed E-state index contributed by atoms with van der Waals surface area (Å²) in [5.74, 6) is 1.44. The molecule has 0 aliphatic rings. The van der Waals surface area contributed by atoms with Crippen LogP contribution in [0.25, 0.3) is 0 Å². The van der Waals surface area contributed by atoms with E-state index in [1.807, 2.05) is 38.1 Å². The largest absolute Gasteiger partial charge is 0.489 e. The zero-order valence-electron chi connectivity index (χ0n) is 11.9. The molecule has 2 aromatic rings. The minimum atomic E-state index is -0.0781. The van der Waals surface area contributed by atoms with Gasteiger partial charge in [-0.05, 0) is 43.7 Å². The van der Waals surface area contributed by atoms with E-state index in [-0.39, 0.29) is 5.96 Å². The molecule has 1 heterocycles. The zero-order chi connectivity index (χ0) is 15.2. The molecule has 7 nitrogen and oxygen atoms in total. The lowest BCUT2D eigenvalue weighted by atomic mass is 10.2. The molecule has 1 aromatic carbocycles. The van der Waals surface area contributed by atoms with Crippen LogP contribution in [-0.2, 0) is 6.61 Å². The molecule has 0 fully saturated rings. The monoisotopic (exact) mass is 287 g/mol. The average Bonchev–Trinajstić information content (AvgIpc) is 2.77. The summed E-state index contributed by atoms with van der Waals surface area (Å²) in [6.07, 6.45) is 1.55. The van der Waals surface area contributed by atoms with Crippen LogP contribution in [0.2, 0.25) is 0 Å². The van der Waals surface area contributed by atoms with Gasteiger partial charge in [0.2, 0.25) is 5.96 Å². The van der Waals surface area contributed by atoms with Crippen LogP contribution in [0.15, 0.2) is 39.0 Å². The standard InChI is InChI=1S/C14H17N5O2/c1-9-13(10(2)21-19-9)8-20-12-5-3-11(4-6-12)7-17-18-14(15)16/h3-7H,8H2,1-2H3,(H4,15,16,18). The Balaban J connectivity index is 1.97. The fourth-order valence-corrected chi connectivity index (χ4v) is 1.68. The lowest BCUT2D eigenvalue weighted by Crippen LogP contribution is -2.21. The van der Waals surface area contributed by atoms with Crippen LogP contribution in [0.1, 0.15) is 22.6 Å². The lowest BCUT2D eigenvalue weighted by Gasteiger charge is -2.05. The summed E-state index contributed by atoms with van der Waals surface area (Å²) in [6, 6.07) is 7.40. The van der Waals surface area contributed by atoms with Gasteiger partial charge in [-0.25, -0.2) is 0 Å². The number of aromatic nitrogens is 1. The first-order chi connectivity index (χ1) is 10.1. The highest BCUT2D eigenvalue weighted by Crippen LogP contribution is 2.17. The van der Waals surface area contributed by atoms with Crippen molar-refractivity contribution in [2.75, 3.05) is 0 Å². The van der Waals surface area contributed by atoms with Crippen molar-refractivity contribution in [3.63, 3.8) is 0 Å². The Morgan fingerprint density at radius 2 is 2.00 bits per heavy atom. The molecule has 0 amide bonds. The quantitative estimate of drug-likeness (QED) is 0.491. The van der Waals surface area contributed by atoms with Gasteiger partial charge >= 0.3 is 0 Å². The van der Waals surface area contributed by atoms with Gasteiger partial charge in [-0.15, -0.1) is 5.10 Å². The van der Waals surface area contributed by atoms with Crippen molar-refractivity contribution in [2.24, 2.45) is 21.7 Å². The maximum absolute atomic E-state index is 5.70. The fraction of sp³-hybridized carbons (Fsp3) is 0.214. The summed E-state index contributed by atoms with van der Waals surface area (Å²) in [6.45, 7) is 4.17. The second kappa shape index (κ2) is 6.56. The molecule has 4 N–H and O–H groups in total. The number of hydrogen-bond acceptors (Lipinski definition) is 5. The topological polar surface area (TPSA) is 112 Å². The Bertz CT molecular complexity index is 635. The SMILES string of the molecule is Cc1noc(C)c1COc1ccc(C=NN=C(N)N)cc1. The summed E-state index contributed by atoms with van der Waals surface area (Å²) < 4.78 is 10.8. The second-order valence-corrected chi connectivity index (χ2v) is 4.43. The normalized spacial score (nSPS) is 10.8. The number of hydrogen-bond donors (Lipinski definition) is 2. The van der Waals surface area contributed by atoms with E-state index in [4.69, 9.17) is 20.7 Å². The highest BCUT2D eigenvalue weighted by atomic mass is 16.5. The molecule has 0 aliphatic carbocycles. The molecule has 0 atom stereocenters. The van der Waals surface area contributed by atoms with Gasteiger partial charge in [0.1, 0.15) is 18.1 Å². The third-order valence-electron chi connectivity index (χ3n) is 2.82. The fourth-order valence-electron chi connectivity index (χ4n) is 1.68. The number of nitrogens with zero attached hydrogens (tertiary/aromatic N) is 3. The summed E-state index contributed by atoms with van der Waals surface area (Å²) in [5.41, 5.74) is 13.0. The molecular formula is C14H17N5O2. The molecule has 0 saturated heterocycles. The third-order valence-corrected chi connectivity index (χ3v) is 2.82. The van der Waals surface area contributed by atoms with E-state index in [1.54, 1.807) is 6.21 Å². The van der Waals surface area contributed by atoms with Gasteiger partial charge in [-0.2, -0.15) is 5.10 Å². The van der Waals surface area contributed by atoms with Crippen LogP contribution in [0.5, 0.6) is 5.75 Å². The van der Waals surface area contributed by atoms with Crippen molar-refractivity contribution in [1.29, 1.82) is 0 Å². The van der Waals surface area contributed by atoms with E-state index in [0.717, 1.165) is 28.3 Å². The van der Waals surface area contributed by atoms with Crippen LogP contribution in [0.4, 0.5) is 0 Å². The molecular weight excluding hydrogens is 270 g/mol. The number of benzene rings is 1. The van der Waals surface area contributed by atoms with Gasteiger partial charge in [0, 0.05) is 0 Å². The van der Waals surface area contributed by atoms with Crippen molar-refractivity contribution < 1.29 is 9.26 Å². The highest BCUT2D eigenvalue weighted by molar-refractivity contribution is 5.81. The van der Waals surface area contributed by atoms with E-state index < -0.39 is 0 Å². The third kappa shape index (κ3) is 4.07. The molecule has 0 saturated carbocycles. The van der Waals surface area contributed by atoms with Crippen LogP contribution in [-0.4, -0.2) is 17.3 Å². The zero-order valence-corrected chi connectivity index (χ0v) is 11.9. The minimum Gasteiger partial charge on any atom is -0.489 e. The van der Waals surface area contributed by atoms with Crippen LogP contribution in [0, 0.1) is 13.8 Å². The van der Waals surface area contributed by atoms with Gasteiger partial charge < -0.3 is 20.7 Å². The van der Waals surface area contributed by atoms with Crippen molar-refractivity contribution in [3.05, 3.63) is 46.8 Å². The highest BCUT2D eigenvalue weighted by Gasteiger charge is 2.09. The smallest absolute Gasteiger partial charge is 0.211 e. The van der Waals surface area contributed by atoms with E-state index in [2.05, 4.69) is 15.4 Å². The number of aryl methyl sites for hydroxylation is 2. The number of guanidine groups is 1. The number of ether oxygens (including phenoxy) is 1. The van der Waals surface area contributed by atoms with E-state index in [0.29, 0.717) is 6.61 Å². The predicted octanol–water partition coefficient (Wildman–Crippen LogP) is 1.48. The molecule has 7 heteroatoms. The Morgan fingerprint density at radius 1 is 1.29 bits per heavy atom. The first kappa shape index (κ1) is 14.6. The molecule has 2 rings (SSSR count). The molecule has 1 aromatic heterocycles. The van der Waals surface area contributed by atoms with Crippen LogP contribution >= 0.6 is 0 Å². The number of rotatable bonds is 5. The molecule has 0 aliphatic heterocycles. The molecule has 110 valence electrons. The Hall–Kier alpha value is -2.83. The first-order valence-electron chi connectivity index (χ1n) is 6.33. The maximum atomic E-state index is 5.70. The van der Waals surface area contributed by atoms with Crippen molar-refractivity contribution in [2.45, 2.75) is 20.5 Å². The van der Waals surface area contributed by atoms with E-state index in [9.17, 15) is 0 Å². The van der Waals surface area contributed by atoms with Crippen molar-refractivity contribution >= 4 is 12.2 Å².